The topological polar surface area (TPSA) is 65.2 Å². The van der Waals surface area contributed by atoms with Gasteiger partial charge in [-0.1, -0.05) is 18.2 Å². The summed E-state index contributed by atoms with van der Waals surface area (Å²) in [4.78, 5) is 29.1. The number of nitrogens with one attached hydrogen (secondary N) is 2. The third-order valence-electron chi connectivity index (χ3n) is 4.17. The molecule has 0 spiro atoms. The zero-order valence-electron chi connectivity index (χ0n) is 14.8. The highest BCUT2D eigenvalue weighted by Gasteiger charge is 2.19. The maximum Gasteiger partial charge on any atom is 0.268 e. The fourth-order valence-electron chi connectivity index (χ4n) is 2.92. The monoisotopic (exact) mass is 327 g/mol. The Morgan fingerprint density at radius 2 is 1.83 bits per heavy atom. The second kappa shape index (κ2) is 7.81. The SMILES string of the molecule is CC(=O)c1c(C)[nH]c(C(=O)NCCCN(C)c2ccccc2)c1C. The minimum Gasteiger partial charge on any atom is -0.375 e. The van der Waals surface area contributed by atoms with E-state index in [1.165, 1.54) is 6.92 Å². The van der Waals surface area contributed by atoms with Crippen LogP contribution in [0.25, 0.3) is 0 Å². The molecule has 1 aromatic carbocycles. The Labute approximate surface area is 143 Å². The summed E-state index contributed by atoms with van der Waals surface area (Å²) < 4.78 is 0. The van der Waals surface area contributed by atoms with Crippen molar-refractivity contribution in [3.05, 3.63) is 52.8 Å². The highest BCUT2D eigenvalue weighted by atomic mass is 16.2. The number of aryl methyl sites for hydroxylation is 1. The standard InChI is InChI=1S/C19H25N3O2/c1-13-17(15(3)23)14(2)21-18(13)19(24)20-11-8-12-22(4)16-9-6-5-7-10-16/h5-7,9-10,21H,8,11-12H2,1-4H3,(H,20,24). The fraction of sp³-hybridized carbons (Fsp3) is 0.368. The van der Waals surface area contributed by atoms with Gasteiger partial charge in [0, 0.05) is 37.1 Å². The number of rotatable bonds is 7. The summed E-state index contributed by atoms with van der Waals surface area (Å²) >= 11 is 0. The molecule has 128 valence electrons. The molecule has 0 saturated carbocycles. The number of Topliss-reactive ketones (excluding diaryl/α,β-unsaturated/α-hetero) is 1. The maximum atomic E-state index is 12.3. The second-order valence-corrected chi connectivity index (χ2v) is 6.05. The minimum absolute atomic E-state index is 0.0233. The largest absolute Gasteiger partial charge is 0.375 e. The van der Waals surface area contributed by atoms with Gasteiger partial charge in [0.15, 0.2) is 5.78 Å². The third kappa shape index (κ3) is 4.04. The van der Waals surface area contributed by atoms with Crippen molar-refractivity contribution in [2.45, 2.75) is 27.2 Å². The number of para-hydroxylation sites is 1. The van der Waals surface area contributed by atoms with E-state index in [1.54, 1.807) is 6.92 Å². The summed E-state index contributed by atoms with van der Waals surface area (Å²) in [6.07, 6.45) is 0.843. The number of hydrogen-bond acceptors (Lipinski definition) is 3. The van der Waals surface area contributed by atoms with E-state index in [-0.39, 0.29) is 11.7 Å². The molecule has 0 aliphatic heterocycles. The van der Waals surface area contributed by atoms with E-state index in [1.807, 2.05) is 32.2 Å². The first-order valence-electron chi connectivity index (χ1n) is 8.16. The Kier molecular flexibility index (Phi) is 5.79. The van der Waals surface area contributed by atoms with E-state index in [4.69, 9.17) is 0 Å². The fourth-order valence-corrected chi connectivity index (χ4v) is 2.92. The Bertz CT molecular complexity index is 720. The van der Waals surface area contributed by atoms with Gasteiger partial charge in [-0.15, -0.1) is 0 Å². The number of hydrogen-bond donors (Lipinski definition) is 2. The maximum absolute atomic E-state index is 12.3. The van der Waals surface area contributed by atoms with Crippen molar-refractivity contribution in [2.24, 2.45) is 0 Å². The molecule has 1 amide bonds. The third-order valence-corrected chi connectivity index (χ3v) is 4.17. The zero-order chi connectivity index (χ0) is 17.7. The van der Waals surface area contributed by atoms with Gasteiger partial charge in [-0.05, 0) is 44.9 Å². The predicted octanol–water partition coefficient (Wildman–Crippen LogP) is 3.09. The summed E-state index contributed by atoms with van der Waals surface area (Å²) in [5, 5.41) is 2.92. The first kappa shape index (κ1) is 17.8. The molecule has 0 fully saturated rings. The molecule has 5 heteroatoms. The number of aromatic nitrogens is 1. The molecule has 5 nitrogen and oxygen atoms in total. The lowest BCUT2D eigenvalue weighted by Gasteiger charge is -2.19. The summed E-state index contributed by atoms with van der Waals surface area (Å²) in [6.45, 7) is 6.58. The van der Waals surface area contributed by atoms with Crippen molar-refractivity contribution in [2.75, 3.05) is 25.0 Å². The van der Waals surface area contributed by atoms with Gasteiger partial charge >= 0.3 is 0 Å². The summed E-state index contributed by atoms with van der Waals surface area (Å²) in [6, 6.07) is 10.1. The number of H-pyrrole nitrogens is 1. The van der Waals surface area contributed by atoms with Crippen LogP contribution in [0.4, 0.5) is 5.69 Å². The molecule has 0 aliphatic carbocycles. The van der Waals surface area contributed by atoms with Crippen molar-refractivity contribution < 1.29 is 9.59 Å². The van der Waals surface area contributed by atoms with Crippen LogP contribution in [-0.2, 0) is 0 Å². The molecule has 0 aliphatic rings. The number of benzene rings is 1. The lowest BCUT2D eigenvalue weighted by atomic mass is 10.1. The van der Waals surface area contributed by atoms with Crippen LogP contribution in [0.3, 0.4) is 0 Å². The highest BCUT2D eigenvalue weighted by molar-refractivity contribution is 6.02. The quantitative estimate of drug-likeness (QED) is 0.607. The van der Waals surface area contributed by atoms with Gasteiger partial charge in [0.1, 0.15) is 5.69 Å². The molecule has 1 heterocycles. The van der Waals surface area contributed by atoms with Crippen LogP contribution in [0.5, 0.6) is 0 Å². The predicted molar refractivity (Wildman–Crippen MR) is 96.9 cm³/mol. The molecule has 2 N–H and O–H groups in total. The van der Waals surface area contributed by atoms with Gasteiger partial charge in [0.2, 0.25) is 0 Å². The van der Waals surface area contributed by atoms with Crippen LogP contribution in [0.15, 0.2) is 30.3 Å². The minimum atomic E-state index is -0.162. The van der Waals surface area contributed by atoms with Crippen LogP contribution in [0.2, 0.25) is 0 Å². The normalized spacial score (nSPS) is 10.5. The van der Waals surface area contributed by atoms with Crippen molar-refractivity contribution in [3.8, 4) is 0 Å². The number of aromatic amines is 1. The molecular weight excluding hydrogens is 302 g/mol. The van der Waals surface area contributed by atoms with Gasteiger partial charge in [-0.25, -0.2) is 0 Å². The van der Waals surface area contributed by atoms with Crippen molar-refractivity contribution in [3.63, 3.8) is 0 Å². The van der Waals surface area contributed by atoms with Gasteiger partial charge < -0.3 is 15.2 Å². The molecule has 2 aromatic rings. The van der Waals surface area contributed by atoms with E-state index >= 15 is 0 Å². The lowest BCUT2D eigenvalue weighted by Crippen LogP contribution is -2.28. The number of carbonyl (C=O) groups excluding carboxylic acids is 2. The van der Waals surface area contributed by atoms with Gasteiger partial charge in [-0.3, -0.25) is 9.59 Å². The average molecular weight is 327 g/mol. The molecule has 0 saturated heterocycles. The van der Waals surface area contributed by atoms with Crippen molar-refractivity contribution >= 4 is 17.4 Å². The summed E-state index contributed by atoms with van der Waals surface area (Å²) in [7, 11) is 2.04. The molecule has 0 unspecified atom stereocenters. The molecule has 0 radical (unpaired) electrons. The Morgan fingerprint density at radius 1 is 1.17 bits per heavy atom. The van der Waals surface area contributed by atoms with E-state index < -0.39 is 0 Å². The summed E-state index contributed by atoms with van der Waals surface area (Å²) in [5.41, 5.74) is 3.72. The molecule has 24 heavy (non-hydrogen) atoms. The molecular formula is C19H25N3O2. The summed E-state index contributed by atoms with van der Waals surface area (Å²) in [5.74, 6) is -0.185. The molecule has 0 bridgehead atoms. The smallest absolute Gasteiger partial charge is 0.268 e. The van der Waals surface area contributed by atoms with Gasteiger partial charge in [0.05, 0.1) is 0 Å². The Balaban J connectivity index is 1.86. The molecule has 1 aromatic heterocycles. The van der Waals surface area contributed by atoms with Crippen LogP contribution < -0.4 is 10.2 Å². The average Bonchev–Trinajstić information content (AvgIpc) is 2.86. The van der Waals surface area contributed by atoms with Crippen LogP contribution in [0.1, 0.15) is 45.4 Å². The van der Waals surface area contributed by atoms with Crippen molar-refractivity contribution in [1.29, 1.82) is 0 Å². The Morgan fingerprint density at radius 3 is 2.42 bits per heavy atom. The van der Waals surface area contributed by atoms with E-state index in [0.717, 1.165) is 29.9 Å². The van der Waals surface area contributed by atoms with Gasteiger partial charge in [-0.2, -0.15) is 0 Å². The lowest BCUT2D eigenvalue weighted by molar-refractivity contribution is 0.0948. The molecule has 2 rings (SSSR count). The van der Waals surface area contributed by atoms with E-state index in [9.17, 15) is 9.59 Å². The van der Waals surface area contributed by atoms with Crippen LogP contribution >= 0.6 is 0 Å². The van der Waals surface area contributed by atoms with Crippen LogP contribution in [0, 0.1) is 13.8 Å². The van der Waals surface area contributed by atoms with Crippen LogP contribution in [-0.4, -0.2) is 36.8 Å². The zero-order valence-corrected chi connectivity index (χ0v) is 14.8. The number of ketones is 1. The highest BCUT2D eigenvalue weighted by Crippen LogP contribution is 2.18. The Hall–Kier alpha value is -2.56. The number of nitrogens with zero attached hydrogens (tertiary/aromatic N) is 1. The van der Waals surface area contributed by atoms with E-state index in [2.05, 4.69) is 27.3 Å². The first-order chi connectivity index (χ1) is 11.4. The van der Waals surface area contributed by atoms with Gasteiger partial charge in [0.25, 0.3) is 5.91 Å². The van der Waals surface area contributed by atoms with Crippen molar-refractivity contribution in [1.82, 2.24) is 10.3 Å². The molecule has 0 atom stereocenters. The van der Waals surface area contributed by atoms with E-state index in [0.29, 0.717) is 17.8 Å². The second-order valence-electron chi connectivity index (χ2n) is 6.05. The number of anilines is 1. The first-order valence-corrected chi connectivity index (χ1v) is 8.16. The number of amides is 1. The number of carbonyl (C=O) groups is 2.